The van der Waals surface area contributed by atoms with Crippen LogP contribution in [-0.2, 0) is 0 Å². The molecule has 2 rings (SSSR count). The van der Waals surface area contributed by atoms with Crippen molar-refractivity contribution in [3.8, 4) is 0 Å². The normalized spacial score (nSPS) is 22.1. The molecule has 1 aromatic rings. The van der Waals surface area contributed by atoms with Crippen LogP contribution >= 0.6 is 0 Å². The number of hydrogen-bond acceptors (Lipinski definition) is 3. The highest BCUT2D eigenvalue weighted by molar-refractivity contribution is 5.95. The zero-order chi connectivity index (χ0) is 14.5. The van der Waals surface area contributed by atoms with Gasteiger partial charge in [0.05, 0.1) is 6.10 Å². The van der Waals surface area contributed by atoms with Crippen molar-refractivity contribution >= 4 is 17.6 Å². The molecule has 0 saturated heterocycles. The summed E-state index contributed by atoms with van der Waals surface area (Å²) in [4.78, 5) is 22.7. The fraction of sp³-hybridized carbons (Fsp3) is 0.429. The Labute approximate surface area is 117 Å². The summed E-state index contributed by atoms with van der Waals surface area (Å²) in [6, 6.07) is 6.02. The predicted octanol–water partition coefficient (Wildman–Crippen LogP) is 1.21. The average Bonchev–Trinajstić information content (AvgIpc) is 2.41. The van der Waals surface area contributed by atoms with Crippen LogP contribution in [0, 0.1) is 0 Å². The fourth-order valence-corrected chi connectivity index (χ4v) is 2.34. The minimum absolute atomic E-state index is 0.120. The first-order chi connectivity index (χ1) is 9.54. The first-order valence-corrected chi connectivity index (χ1v) is 6.70. The van der Waals surface area contributed by atoms with Gasteiger partial charge in [0, 0.05) is 17.3 Å². The van der Waals surface area contributed by atoms with Crippen molar-refractivity contribution in [3.63, 3.8) is 0 Å². The van der Waals surface area contributed by atoms with Gasteiger partial charge in [-0.15, -0.1) is 0 Å². The van der Waals surface area contributed by atoms with Crippen LogP contribution < -0.4 is 16.4 Å². The van der Waals surface area contributed by atoms with E-state index in [-0.39, 0.29) is 18.1 Å². The molecule has 0 aliphatic heterocycles. The number of carbonyl (C=O) groups excluding carboxylic acids is 2. The van der Waals surface area contributed by atoms with Crippen LogP contribution in [0.2, 0.25) is 0 Å². The molecule has 0 unspecified atom stereocenters. The van der Waals surface area contributed by atoms with Crippen molar-refractivity contribution in [2.75, 3.05) is 5.32 Å². The van der Waals surface area contributed by atoms with Gasteiger partial charge in [-0.1, -0.05) is 0 Å². The number of benzene rings is 1. The van der Waals surface area contributed by atoms with Gasteiger partial charge in [0.2, 0.25) is 0 Å². The number of anilines is 1. The maximum atomic E-state index is 12.0. The summed E-state index contributed by atoms with van der Waals surface area (Å²) in [5.41, 5.74) is 6.09. The Morgan fingerprint density at radius 1 is 1.10 bits per heavy atom. The number of amides is 3. The molecule has 1 aromatic carbocycles. The maximum absolute atomic E-state index is 12.0. The van der Waals surface area contributed by atoms with E-state index in [1.165, 1.54) is 0 Å². The zero-order valence-corrected chi connectivity index (χ0v) is 11.1. The molecule has 6 heteroatoms. The Bertz CT molecular complexity index is 479. The molecule has 3 amide bonds. The number of aliphatic hydroxyl groups excluding tert-OH is 1. The van der Waals surface area contributed by atoms with E-state index in [1.807, 2.05) is 0 Å². The van der Waals surface area contributed by atoms with Crippen LogP contribution in [0.25, 0.3) is 0 Å². The molecule has 108 valence electrons. The Morgan fingerprint density at radius 2 is 1.70 bits per heavy atom. The molecule has 1 aliphatic carbocycles. The van der Waals surface area contributed by atoms with Crippen molar-refractivity contribution in [1.29, 1.82) is 0 Å². The standard InChI is InChI=1S/C14H19N3O3/c15-14(20)17-11-3-1-9(2-4-11)13(19)16-10-5-7-12(18)8-6-10/h1-4,10,12,18H,5-8H2,(H,16,19)(H3,15,17,20). The second kappa shape index (κ2) is 6.38. The molecule has 0 heterocycles. The van der Waals surface area contributed by atoms with Crippen molar-refractivity contribution < 1.29 is 14.7 Å². The van der Waals surface area contributed by atoms with Gasteiger partial charge in [-0.2, -0.15) is 0 Å². The smallest absolute Gasteiger partial charge is 0.316 e. The van der Waals surface area contributed by atoms with E-state index in [0.717, 1.165) is 25.7 Å². The lowest BCUT2D eigenvalue weighted by Crippen LogP contribution is -2.38. The minimum Gasteiger partial charge on any atom is -0.393 e. The van der Waals surface area contributed by atoms with Gasteiger partial charge in [0.15, 0.2) is 0 Å². The van der Waals surface area contributed by atoms with Crippen LogP contribution in [-0.4, -0.2) is 29.2 Å². The van der Waals surface area contributed by atoms with Crippen LogP contribution in [0.1, 0.15) is 36.0 Å². The van der Waals surface area contributed by atoms with E-state index in [2.05, 4.69) is 10.6 Å². The second-order valence-corrected chi connectivity index (χ2v) is 5.05. The van der Waals surface area contributed by atoms with Crippen molar-refractivity contribution in [2.45, 2.75) is 37.8 Å². The average molecular weight is 277 g/mol. The molecule has 0 radical (unpaired) electrons. The summed E-state index contributed by atoms with van der Waals surface area (Å²) in [5.74, 6) is -0.142. The number of carbonyl (C=O) groups is 2. The molecule has 0 aromatic heterocycles. The first kappa shape index (κ1) is 14.3. The van der Waals surface area contributed by atoms with Crippen molar-refractivity contribution in [1.82, 2.24) is 5.32 Å². The van der Waals surface area contributed by atoms with Crippen LogP contribution in [0.4, 0.5) is 10.5 Å². The topological polar surface area (TPSA) is 104 Å². The Hall–Kier alpha value is -2.08. The second-order valence-electron chi connectivity index (χ2n) is 5.05. The number of primary amides is 1. The molecule has 5 N–H and O–H groups in total. The van der Waals surface area contributed by atoms with E-state index >= 15 is 0 Å². The third-order valence-electron chi connectivity index (χ3n) is 3.45. The van der Waals surface area contributed by atoms with Gasteiger partial charge in [0.25, 0.3) is 5.91 Å². The van der Waals surface area contributed by atoms with Gasteiger partial charge in [0.1, 0.15) is 0 Å². The lowest BCUT2D eigenvalue weighted by Gasteiger charge is -2.26. The number of aliphatic hydroxyl groups is 1. The Kier molecular flexibility index (Phi) is 4.57. The lowest BCUT2D eigenvalue weighted by molar-refractivity contribution is 0.0867. The van der Waals surface area contributed by atoms with Gasteiger partial charge in [-0.3, -0.25) is 4.79 Å². The van der Waals surface area contributed by atoms with E-state index < -0.39 is 6.03 Å². The van der Waals surface area contributed by atoms with Crippen molar-refractivity contribution in [3.05, 3.63) is 29.8 Å². The van der Waals surface area contributed by atoms with Crippen LogP contribution in [0.3, 0.4) is 0 Å². The highest BCUT2D eigenvalue weighted by atomic mass is 16.3. The van der Waals surface area contributed by atoms with E-state index in [1.54, 1.807) is 24.3 Å². The molecule has 1 saturated carbocycles. The maximum Gasteiger partial charge on any atom is 0.316 e. The number of urea groups is 1. The molecular weight excluding hydrogens is 258 g/mol. The summed E-state index contributed by atoms with van der Waals surface area (Å²) in [6.07, 6.45) is 2.82. The quantitative estimate of drug-likeness (QED) is 0.667. The SMILES string of the molecule is NC(=O)Nc1ccc(C(=O)NC2CCC(O)CC2)cc1. The predicted molar refractivity (Wildman–Crippen MR) is 75.4 cm³/mol. The monoisotopic (exact) mass is 277 g/mol. The molecule has 0 bridgehead atoms. The highest BCUT2D eigenvalue weighted by Crippen LogP contribution is 2.19. The number of rotatable bonds is 3. The van der Waals surface area contributed by atoms with Crippen LogP contribution in [0.5, 0.6) is 0 Å². The van der Waals surface area contributed by atoms with Crippen LogP contribution in [0.15, 0.2) is 24.3 Å². The summed E-state index contributed by atoms with van der Waals surface area (Å²) in [5, 5.41) is 14.8. The van der Waals surface area contributed by atoms with E-state index in [4.69, 9.17) is 5.73 Å². The molecule has 0 spiro atoms. The van der Waals surface area contributed by atoms with Crippen molar-refractivity contribution in [2.24, 2.45) is 5.73 Å². The number of nitrogens with one attached hydrogen (secondary N) is 2. The van der Waals surface area contributed by atoms with Gasteiger partial charge >= 0.3 is 6.03 Å². The Balaban J connectivity index is 1.90. The molecule has 1 fully saturated rings. The summed E-state index contributed by atoms with van der Waals surface area (Å²) >= 11 is 0. The molecule has 1 aliphatic rings. The molecular formula is C14H19N3O3. The lowest BCUT2D eigenvalue weighted by atomic mass is 9.93. The fourth-order valence-electron chi connectivity index (χ4n) is 2.34. The summed E-state index contributed by atoms with van der Waals surface area (Å²) in [7, 11) is 0. The third-order valence-corrected chi connectivity index (χ3v) is 3.45. The van der Waals surface area contributed by atoms with Gasteiger partial charge in [-0.25, -0.2) is 4.79 Å². The van der Waals surface area contributed by atoms with E-state index in [9.17, 15) is 14.7 Å². The Morgan fingerprint density at radius 3 is 2.25 bits per heavy atom. The summed E-state index contributed by atoms with van der Waals surface area (Å²) in [6.45, 7) is 0. The third kappa shape index (κ3) is 3.96. The highest BCUT2D eigenvalue weighted by Gasteiger charge is 2.21. The number of nitrogens with two attached hydrogens (primary N) is 1. The van der Waals surface area contributed by atoms with E-state index in [0.29, 0.717) is 11.3 Å². The number of hydrogen-bond donors (Lipinski definition) is 4. The molecule has 0 atom stereocenters. The molecule has 20 heavy (non-hydrogen) atoms. The summed E-state index contributed by atoms with van der Waals surface area (Å²) < 4.78 is 0. The van der Waals surface area contributed by atoms with Gasteiger partial charge < -0.3 is 21.5 Å². The van der Waals surface area contributed by atoms with Gasteiger partial charge in [-0.05, 0) is 49.9 Å². The largest absolute Gasteiger partial charge is 0.393 e. The minimum atomic E-state index is -0.636. The zero-order valence-electron chi connectivity index (χ0n) is 11.1. The molecule has 6 nitrogen and oxygen atoms in total. The first-order valence-electron chi connectivity index (χ1n) is 6.70.